The molecule has 1 aliphatic heterocycles. The van der Waals surface area contributed by atoms with Gasteiger partial charge >= 0.3 is 0 Å². The van der Waals surface area contributed by atoms with Crippen LogP contribution in [0.5, 0.6) is 0 Å². The molecule has 2 heteroatoms. The maximum absolute atomic E-state index is 8.69. The highest BCUT2D eigenvalue weighted by molar-refractivity contribution is 4.65. The normalized spacial score (nSPS) is 45.0. The molecule has 3 N–H and O–H groups in total. The first-order chi connectivity index (χ1) is 2.80. The Kier molecular flexibility index (Phi) is 0.821. The zero-order valence-electron chi connectivity index (χ0n) is 3.89. The molecule has 0 aromatic carbocycles. The van der Waals surface area contributed by atoms with E-state index in [4.69, 9.17) is 5.11 Å². The predicted octanol–water partition coefficient (Wildman–Crippen LogP) is -1.69. The van der Waals surface area contributed by atoms with E-state index in [0.717, 1.165) is 6.54 Å². The monoisotopic (exact) mass is 88.1 g/mol. The molecule has 0 radical (unpaired) electrons. The Morgan fingerprint density at radius 1 is 1.83 bits per heavy atom. The molecule has 0 spiro atoms. The first-order valence-corrected chi connectivity index (χ1v) is 2.32. The van der Waals surface area contributed by atoms with Crippen molar-refractivity contribution in [1.82, 2.24) is 0 Å². The van der Waals surface area contributed by atoms with Gasteiger partial charge in [-0.05, 0) is 6.92 Å². The zero-order valence-corrected chi connectivity index (χ0v) is 3.89. The SMILES string of the molecule is C[C@@H]1[NH2+]C[C@H]1O. The van der Waals surface area contributed by atoms with Crippen LogP contribution in [0.4, 0.5) is 0 Å². The lowest BCUT2D eigenvalue weighted by molar-refractivity contribution is -0.757. The first-order valence-electron chi connectivity index (χ1n) is 2.32. The summed E-state index contributed by atoms with van der Waals surface area (Å²) in [7, 11) is 0. The van der Waals surface area contributed by atoms with E-state index < -0.39 is 0 Å². The Morgan fingerprint density at radius 2 is 2.33 bits per heavy atom. The van der Waals surface area contributed by atoms with Gasteiger partial charge in [0.15, 0.2) is 6.10 Å². The van der Waals surface area contributed by atoms with Crippen molar-refractivity contribution in [1.29, 1.82) is 0 Å². The van der Waals surface area contributed by atoms with Crippen molar-refractivity contribution in [2.45, 2.75) is 19.1 Å². The summed E-state index contributed by atoms with van der Waals surface area (Å²) in [6.07, 6.45) is -0.0231. The van der Waals surface area contributed by atoms with Crippen LogP contribution in [0, 0.1) is 0 Å². The second kappa shape index (κ2) is 1.21. The summed E-state index contributed by atoms with van der Waals surface area (Å²) in [6, 6.07) is 0.463. The van der Waals surface area contributed by atoms with Crippen LogP contribution in [0.25, 0.3) is 0 Å². The second-order valence-electron chi connectivity index (χ2n) is 1.90. The Morgan fingerprint density at radius 3 is 2.33 bits per heavy atom. The van der Waals surface area contributed by atoms with E-state index in [-0.39, 0.29) is 6.10 Å². The fraction of sp³-hybridized carbons (Fsp3) is 1.00. The van der Waals surface area contributed by atoms with E-state index in [1.54, 1.807) is 0 Å². The maximum Gasteiger partial charge on any atom is 0.154 e. The third-order valence-electron chi connectivity index (χ3n) is 1.36. The van der Waals surface area contributed by atoms with Gasteiger partial charge in [-0.3, -0.25) is 0 Å². The van der Waals surface area contributed by atoms with Gasteiger partial charge in [-0.25, -0.2) is 0 Å². The molecule has 1 aliphatic rings. The molecule has 1 heterocycles. The molecule has 2 atom stereocenters. The summed E-state index contributed by atoms with van der Waals surface area (Å²) in [6.45, 7) is 2.93. The van der Waals surface area contributed by atoms with E-state index in [9.17, 15) is 0 Å². The fourth-order valence-electron chi connectivity index (χ4n) is 0.530. The van der Waals surface area contributed by atoms with E-state index in [1.165, 1.54) is 0 Å². The van der Waals surface area contributed by atoms with E-state index in [2.05, 4.69) is 5.32 Å². The number of quaternary nitrogens is 1. The molecule has 6 heavy (non-hydrogen) atoms. The summed E-state index contributed by atoms with van der Waals surface area (Å²) in [4.78, 5) is 0. The maximum atomic E-state index is 8.69. The predicted molar refractivity (Wildman–Crippen MR) is 22.3 cm³/mol. The molecule has 36 valence electrons. The number of aliphatic hydroxyl groups excluding tert-OH is 1. The van der Waals surface area contributed by atoms with Gasteiger partial charge in [-0.15, -0.1) is 0 Å². The molecule has 0 aromatic heterocycles. The van der Waals surface area contributed by atoms with Crippen molar-refractivity contribution >= 4 is 0 Å². The first kappa shape index (κ1) is 4.09. The minimum absolute atomic E-state index is 0.0231. The van der Waals surface area contributed by atoms with Gasteiger partial charge in [0, 0.05) is 0 Å². The Balaban J connectivity index is 2.20. The summed E-state index contributed by atoms with van der Waals surface area (Å²) >= 11 is 0. The van der Waals surface area contributed by atoms with Gasteiger partial charge in [0.1, 0.15) is 12.6 Å². The van der Waals surface area contributed by atoms with Crippen molar-refractivity contribution in [3.8, 4) is 0 Å². The van der Waals surface area contributed by atoms with Crippen LogP contribution >= 0.6 is 0 Å². The average molecular weight is 88.1 g/mol. The summed E-state index contributed by atoms with van der Waals surface area (Å²) in [5, 5.41) is 10.8. The molecule has 0 unspecified atom stereocenters. The van der Waals surface area contributed by atoms with Crippen molar-refractivity contribution in [2.24, 2.45) is 0 Å². The highest BCUT2D eigenvalue weighted by atomic mass is 16.3. The number of rotatable bonds is 0. The number of hydrogen-bond acceptors (Lipinski definition) is 1. The number of aliphatic hydroxyl groups is 1. The molecule has 0 aromatic rings. The lowest BCUT2D eigenvalue weighted by atomic mass is 10.1. The lowest BCUT2D eigenvalue weighted by Crippen LogP contribution is -3.03. The molecule has 1 rings (SSSR count). The van der Waals surface area contributed by atoms with Gasteiger partial charge in [0.05, 0.1) is 0 Å². The molecule has 0 aliphatic carbocycles. The molecular formula is C4H10NO+. The van der Waals surface area contributed by atoms with Crippen molar-refractivity contribution in [3.63, 3.8) is 0 Å². The summed E-state index contributed by atoms with van der Waals surface area (Å²) < 4.78 is 0. The van der Waals surface area contributed by atoms with E-state index >= 15 is 0 Å². The van der Waals surface area contributed by atoms with Crippen LogP contribution < -0.4 is 5.32 Å². The second-order valence-corrected chi connectivity index (χ2v) is 1.90. The van der Waals surface area contributed by atoms with Crippen molar-refractivity contribution in [3.05, 3.63) is 0 Å². The van der Waals surface area contributed by atoms with Gasteiger partial charge in [-0.2, -0.15) is 0 Å². The third-order valence-corrected chi connectivity index (χ3v) is 1.36. The van der Waals surface area contributed by atoms with Crippen molar-refractivity contribution in [2.75, 3.05) is 6.54 Å². The topological polar surface area (TPSA) is 36.8 Å². The lowest BCUT2D eigenvalue weighted by Gasteiger charge is -2.25. The highest BCUT2D eigenvalue weighted by Crippen LogP contribution is 1.88. The molecular weight excluding hydrogens is 78.0 g/mol. The number of hydrogen-bond donors (Lipinski definition) is 2. The molecule has 0 amide bonds. The minimum Gasteiger partial charge on any atom is -0.381 e. The minimum atomic E-state index is -0.0231. The van der Waals surface area contributed by atoms with E-state index in [1.807, 2.05) is 6.92 Å². The van der Waals surface area contributed by atoms with Crippen LogP contribution in [0.3, 0.4) is 0 Å². The fourth-order valence-corrected chi connectivity index (χ4v) is 0.530. The quantitative estimate of drug-likeness (QED) is 0.364. The van der Waals surface area contributed by atoms with Gasteiger partial charge < -0.3 is 10.4 Å². The van der Waals surface area contributed by atoms with Gasteiger partial charge in [0.25, 0.3) is 0 Å². The molecule has 2 nitrogen and oxygen atoms in total. The van der Waals surface area contributed by atoms with Crippen LogP contribution in [0.2, 0.25) is 0 Å². The average Bonchev–Trinajstić information content (AvgIpc) is 1.61. The largest absolute Gasteiger partial charge is 0.381 e. The summed E-state index contributed by atoms with van der Waals surface area (Å²) in [5.74, 6) is 0. The zero-order chi connectivity index (χ0) is 4.57. The van der Waals surface area contributed by atoms with Crippen LogP contribution in [0.15, 0.2) is 0 Å². The van der Waals surface area contributed by atoms with Crippen LogP contribution in [0.1, 0.15) is 6.92 Å². The highest BCUT2D eigenvalue weighted by Gasteiger charge is 2.27. The molecule has 1 fully saturated rings. The molecule has 0 bridgehead atoms. The standard InChI is InChI=1S/C4H9NO/c1-3-4(6)2-5-3/h3-6H,2H2,1H3/p+1/t3-,4+/m0/s1. The van der Waals surface area contributed by atoms with Crippen LogP contribution in [-0.2, 0) is 0 Å². The van der Waals surface area contributed by atoms with E-state index in [0.29, 0.717) is 6.04 Å². The Hall–Kier alpha value is -0.0800. The van der Waals surface area contributed by atoms with Gasteiger partial charge in [-0.1, -0.05) is 0 Å². The molecule has 1 saturated heterocycles. The van der Waals surface area contributed by atoms with Crippen molar-refractivity contribution < 1.29 is 10.4 Å². The molecule has 0 saturated carbocycles. The van der Waals surface area contributed by atoms with Gasteiger partial charge in [0.2, 0.25) is 0 Å². The number of nitrogens with two attached hydrogens (primary N) is 1. The third kappa shape index (κ3) is 0.420. The van der Waals surface area contributed by atoms with Crippen LogP contribution in [-0.4, -0.2) is 23.8 Å². The Bertz CT molecular complexity index is 47.5. The summed E-state index contributed by atoms with van der Waals surface area (Å²) in [5.41, 5.74) is 0. The smallest absolute Gasteiger partial charge is 0.154 e. The Labute approximate surface area is 37.2 Å².